The number of likely N-dealkylation sites (tertiary alicyclic amines) is 1. The van der Waals surface area contributed by atoms with E-state index in [9.17, 15) is 0 Å². The first kappa shape index (κ1) is 12.7. The fourth-order valence-corrected chi connectivity index (χ4v) is 2.96. The molecule has 0 spiro atoms. The van der Waals surface area contributed by atoms with Gasteiger partial charge in [-0.2, -0.15) is 0 Å². The Bertz CT molecular complexity index is 379. The smallest absolute Gasteiger partial charge is 0.0237 e. The molecule has 2 rings (SSSR count). The van der Waals surface area contributed by atoms with E-state index in [0.29, 0.717) is 0 Å². The van der Waals surface area contributed by atoms with Gasteiger partial charge in [-0.25, -0.2) is 0 Å². The molecule has 1 aliphatic heterocycles. The van der Waals surface area contributed by atoms with Gasteiger partial charge in [-0.3, -0.25) is 0 Å². The van der Waals surface area contributed by atoms with E-state index in [4.69, 9.17) is 0 Å². The Morgan fingerprint density at radius 2 is 2.00 bits per heavy atom. The first-order valence-corrected chi connectivity index (χ1v) is 6.92. The van der Waals surface area contributed by atoms with Gasteiger partial charge in [0, 0.05) is 24.5 Å². The summed E-state index contributed by atoms with van der Waals surface area (Å²) in [7, 11) is 2.28. The molecule has 2 heterocycles. The van der Waals surface area contributed by atoms with Crippen LogP contribution in [0.15, 0.2) is 6.20 Å². The zero-order valence-electron chi connectivity index (χ0n) is 11.8. The van der Waals surface area contributed by atoms with Crippen molar-refractivity contribution in [2.24, 2.45) is 0 Å². The van der Waals surface area contributed by atoms with Gasteiger partial charge in [-0.05, 0) is 64.8 Å². The van der Waals surface area contributed by atoms with E-state index < -0.39 is 0 Å². The number of piperidine rings is 1. The maximum atomic E-state index is 2.54. The molecule has 1 atom stereocenters. The van der Waals surface area contributed by atoms with E-state index >= 15 is 0 Å². The highest BCUT2D eigenvalue weighted by Crippen LogP contribution is 2.20. The monoisotopic (exact) mass is 234 g/mol. The lowest BCUT2D eigenvalue weighted by Crippen LogP contribution is -2.36. The second kappa shape index (κ2) is 5.26. The first-order valence-electron chi connectivity index (χ1n) is 6.92. The predicted molar refractivity (Wildman–Crippen MR) is 73.5 cm³/mol. The Hall–Kier alpha value is -0.760. The Morgan fingerprint density at radius 3 is 2.59 bits per heavy atom. The molecule has 1 aromatic rings. The van der Waals surface area contributed by atoms with Crippen LogP contribution in [0.3, 0.4) is 0 Å². The highest BCUT2D eigenvalue weighted by Gasteiger charge is 2.18. The minimum atomic E-state index is 0.797. The Kier molecular flexibility index (Phi) is 3.93. The van der Waals surface area contributed by atoms with Crippen LogP contribution in [0.5, 0.6) is 0 Å². The fraction of sp³-hybridized carbons (Fsp3) is 0.733. The van der Waals surface area contributed by atoms with Crippen molar-refractivity contribution < 1.29 is 0 Å². The average molecular weight is 234 g/mol. The molecule has 0 saturated carbocycles. The van der Waals surface area contributed by atoms with Crippen molar-refractivity contribution in [3.05, 3.63) is 23.0 Å². The Labute approximate surface area is 106 Å². The molecule has 1 unspecified atom stereocenters. The molecule has 0 bridgehead atoms. The summed E-state index contributed by atoms with van der Waals surface area (Å²) in [5.74, 6) is 0. The van der Waals surface area contributed by atoms with Crippen molar-refractivity contribution in [3.63, 3.8) is 0 Å². The quantitative estimate of drug-likeness (QED) is 0.779. The van der Waals surface area contributed by atoms with Crippen molar-refractivity contribution in [1.29, 1.82) is 0 Å². The van der Waals surface area contributed by atoms with Crippen LogP contribution in [0.4, 0.5) is 0 Å². The zero-order chi connectivity index (χ0) is 12.4. The lowest BCUT2D eigenvalue weighted by Gasteiger charge is -2.32. The van der Waals surface area contributed by atoms with Crippen LogP contribution in [0.2, 0.25) is 0 Å². The molecule has 17 heavy (non-hydrogen) atoms. The summed E-state index contributed by atoms with van der Waals surface area (Å²) < 4.78 is 2.44. The van der Waals surface area contributed by atoms with Gasteiger partial charge in [-0.15, -0.1) is 0 Å². The van der Waals surface area contributed by atoms with E-state index in [-0.39, 0.29) is 0 Å². The van der Waals surface area contributed by atoms with Crippen molar-refractivity contribution in [2.75, 3.05) is 13.6 Å². The van der Waals surface area contributed by atoms with Gasteiger partial charge >= 0.3 is 0 Å². The van der Waals surface area contributed by atoms with E-state index in [2.05, 4.69) is 43.5 Å². The summed E-state index contributed by atoms with van der Waals surface area (Å²) in [5, 5.41) is 0. The average Bonchev–Trinajstić information content (AvgIpc) is 2.56. The maximum Gasteiger partial charge on any atom is 0.0237 e. The highest BCUT2D eigenvalue weighted by atomic mass is 15.1. The third kappa shape index (κ3) is 2.74. The van der Waals surface area contributed by atoms with Crippen LogP contribution in [-0.4, -0.2) is 29.1 Å². The summed E-state index contributed by atoms with van der Waals surface area (Å²) in [6, 6.07) is 0.797. The standard InChI is InChI=1S/C15H26N2/c1-12-11-17(14(3)13(12)2)10-8-15-7-5-6-9-16(15)4/h11,15H,5-10H2,1-4H3. The summed E-state index contributed by atoms with van der Waals surface area (Å²) in [6.07, 6.45) is 7.79. The van der Waals surface area contributed by atoms with Crippen LogP contribution in [0.25, 0.3) is 0 Å². The van der Waals surface area contributed by atoms with Crippen molar-refractivity contribution in [1.82, 2.24) is 9.47 Å². The second-order valence-corrected chi connectivity index (χ2v) is 5.63. The fourth-order valence-electron chi connectivity index (χ4n) is 2.96. The topological polar surface area (TPSA) is 8.17 Å². The van der Waals surface area contributed by atoms with Gasteiger partial charge in [0.1, 0.15) is 0 Å². The lowest BCUT2D eigenvalue weighted by atomic mass is 10.0. The van der Waals surface area contributed by atoms with E-state index in [1.165, 1.54) is 55.6 Å². The molecule has 1 saturated heterocycles. The largest absolute Gasteiger partial charge is 0.351 e. The molecule has 96 valence electrons. The van der Waals surface area contributed by atoms with Crippen molar-refractivity contribution >= 4 is 0 Å². The van der Waals surface area contributed by atoms with Gasteiger partial charge in [0.25, 0.3) is 0 Å². The number of rotatable bonds is 3. The zero-order valence-corrected chi connectivity index (χ0v) is 11.8. The summed E-state index contributed by atoms with van der Waals surface area (Å²) in [5.41, 5.74) is 4.34. The molecule has 1 aromatic heterocycles. The van der Waals surface area contributed by atoms with Crippen LogP contribution >= 0.6 is 0 Å². The molecule has 0 radical (unpaired) electrons. The predicted octanol–water partition coefficient (Wildman–Crippen LogP) is 3.29. The molecular formula is C15H26N2. The summed E-state index contributed by atoms with van der Waals surface area (Å²) in [6.45, 7) is 9.15. The van der Waals surface area contributed by atoms with E-state index in [1.807, 2.05) is 0 Å². The molecule has 0 aromatic carbocycles. The molecule has 0 N–H and O–H groups in total. The van der Waals surface area contributed by atoms with Crippen molar-refractivity contribution in [3.8, 4) is 0 Å². The van der Waals surface area contributed by atoms with Gasteiger partial charge in [0.05, 0.1) is 0 Å². The van der Waals surface area contributed by atoms with Gasteiger partial charge < -0.3 is 9.47 Å². The summed E-state index contributed by atoms with van der Waals surface area (Å²) >= 11 is 0. The van der Waals surface area contributed by atoms with E-state index in [0.717, 1.165) is 6.04 Å². The van der Waals surface area contributed by atoms with Crippen LogP contribution in [0, 0.1) is 20.8 Å². The van der Waals surface area contributed by atoms with Gasteiger partial charge in [0.2, 0.25) is 0 Å². The number of nitrogens with zero attached hydrogens (tertiary/aromatic N) is 2. The van der Waals surface area contributed by atoms with Crippen molar-refractivity contribution in [2.45, 2.75) is 59.0 Å². The molecule has 0 aliphatic carbocycles. The molecule has 2 nitrogen and oxygen atoms in total. The highest BCUT2D eigenvalue weighted by molar-refractivity contribution is 5.28. The maximum absolute atomic E-state index is 2.54. The third-order valence-electron chi connectivity index (χ3n) is 4.54. The number of hydrogen-bond acceptors (Lipinski definition) is 1. The van der Waals surface area contributed by atoms with E-state index in [1.54, 1.807) is 0 Å². The minimum Gasteiger partial charge on any atom is -0.351 e. The summed E-state index contributed by atoms with van der Waals surface area (Å²) in [4.78, 5) is 2.54. The number of aromatic nitrogens is 1. The minimum absolute atomic E-state index is 0.797. The molecule has 1 aliphatic rings. The molecular weight excluding hydrogens is 208 g/mol. The van der Waals surface area contributed by atoms with Gasteiger partial charge in [0.15, 0.2) is 0 Å². The van der Waals surface area contributed by atoms with Crippen LogP contribution < -0.4 is 0 Å². The molecule has 2 heteroatoms. The molecule has 1 fully saturated rings. The molecule has 0 amide bonds. The lowest BCUT2D eigenvalue weighted by molar-refractivity contribution is 0.171. The number of aryl methyl sites for hydroxylation is 2. The first-order chi connectivity index (χ1) is 8.09. The SMILES string of the molecule is Cc1cn(CCC2CCCCN2C)c(C)c1C. The third-order valence-corrected chi connectivity index (χ3v) is 4.54. The number of hydrogen-bond donors (Lipinski definition) is 0. The Balaban J connectivity index is 1.95. The van der Waals surface area contributed by atoms with Crippen LogP contribution in [-0.2, 0) is 6.54 Å². The normalized spacial score (nSPS) is 22.0. The van der Waals surface area contributed by atoms with Gasteiger partial charge in [-0.1, -0.05) is 6.42 Å². The van der Waals surface area contributed by atoms with Crippen LogP contribution in [0.1, 0.15) is 42.5 Å². The second-order valence-electron chi connectivity index (χ2n) is 5.63. The Morgan fingerprint density at radius 1 is 1.24 bits per heavy atom.